The molecule has 116 valence electrons. The number of hydrogen-bond acceptors (Lipinski definition) is 6. The fourth-order valence-electron chi connectivity index (χ4n) is 1.21. The molecule has 0 bridgehead atoms. The summed E-state index contributed by atoms with van der Waals surface area (Å²) in [6.45, 7) is 3.59. The average molecular weight is 329 g/mol. The summed E-state index contributed by atoms with van der Waals surface area (Å²) in [6, 6.07) is 6.41. The lowest BCUT2D eigenvalue weighted by molar-refractivity contribution is -0.140. The van der Waals surface area contributed by atoms with Crippen molar-refractivity contribution in [2.75, 3.05) is 11.5 Å². The lowest BCUT2D eigenvalue weighted by Crippen LogP contribution is -2.36. The number of carbonyl (C=O) groups excluding carboxylic acids is 1. The van der Waals surface area contributed by atoms with E-state index in [0.717, 1.165) is 5.56 Å². The van der Waals surface area contributed by atoms with E-state index >= 15 is 0 Å². The fraction of sp³-hybridized carbons (Fsp3) is 0.429. The Labute approximate surface area is 132 Å². The quantitative estimate of drug-likeness (QED) is 0.327. The van der Waals surface area contributed by atoms with Crippen molar-refractivity contribution < 1.29 is 19.4 Å². The van der Waals surface area contributed by atoms with E-state index in [9.17, 15) is 9.59 Å². The van der Waals surface area contributed by atoms with Crippen molar-refractivity contribution in [3.63, 3.8) is 0 Å². The molecule has 3 N–H and O–H groups in total. The van der Waals surface area contributed by atoms with Crippen LogP contribution in [0.5, 0.6) is 5.75 Å². The van der Waals surface area contributed by atoms with E-state index in [1.54, 1.807) is 19.1 Å². The topological polar surface area (TPSA) is 89.6 Å². The molecule has 2 atom stereocenters. The first-order valence-corrected chi connectivity index (χ1v) is 8.90. The number of nitrogens with two attached hydrogens (primary N) is 1. The van der Waals surface area contributed by atoms with Crippen molar-refractivity contribution in [3.05, 3.63) is 29.8 Å². The number of aryl methyl sites for hydroxylation is 1. The van der Waals surface area contributed by atoms with Gasteiger partial charge in [-0.3, -0.25) is 4.79 Å². The van der Waals surface area contributed by atoms with Crippen LogP contribution in [0.25, 0.3) is 0 Å². The molecule has 0 saturated carbocycles. The van der Waals surface area contributed by atoms with Gasteiger partial charge >= 0.3 is 11.9 Å². The van der Waals surface area contributed by atoms with Crippen LogP contribution in [0.3, 0.4) is 0 Å². The van der Waals surface area contributed by atoms with Crippen molar-refractivity contribution in [1.82, 2.24) is 0 Å². The summed E-state index contributed by atoms with van der Waals surface area (Å²) in [5.41, 5.74) is 6.83. The monoisotopic (exact) mass is 329 g/mol. The van der Waals surface area contributed by atoms with E-state index in [1.165, 1.54) is 21.6 Å². The minimum absolute atomic E-state index is 0.377. The maximum absolute atomic E-state index is 11.8. The molecule has 0 spiro atoms. The van der Waals surface area contributed by atoms with Gasteiger partial charge in [0.2, 0.25) is 0 Å². The second-order valence-electron chi connectivity index (χ2n) is 4.65. The molecule has 0 heterocycles. The van der Waals surface area contributed by atoms with Crippen molar-refractivity contribution in [1.29, 1.82) is 0 Å². The van der Waals surface area contributed by atoms with Crippen LogP contribution in [0, 0.1) is 12.8 Å². The third-order valence-electron chi connectivity index (χ3n) is 2.61. The minimum Gasteiger partial charge on any atom is -0.481 e. The van der Waals surface area contributed by atoms with Gasteiger partial charge in [-0.25, -0.2) is 4.79 Å². The third kappa shape index (κ3) is 6.88. The van der Waals surface area contributed by atoms with Crippen LogP contribution in [0.15, 0.2) is 24.3 Å². The Morgan fingerprint density at radius 1 is 1.24 bits per heavy atom. The number of carboxylic acid groups (broad SMARTS) is 1. The normalized spacial score (nSPS) is 13.5. The van der Waals surface area contributed by atoms with Gasteiger partial charge in [-0.15, -0.1) is 0 Å². The van der Waals surface area contributed by atoms with Gasteiger partial charge in [-0.05, 0) is 19.1 Å². The van der Waals surface area contributed by atoms with Gasteiger partial charge < -0.3 is 15.6 Å². The third-order valence-corrected chi connectivity index (χ3v) is 5.23. The minimum atomic E-state index is -0.828. The molecule has 1 aromatic carbocycles. The number of esters is 1. The Hall–Kier alpha value is -1.18. The Balaban J connectivity index is 2.28. The van der Waals surface area contributed by atoms with Gasteiger partial charge in [-0.1, -0.05) is 46.2 Å². The highest BCUT2D eigenvalue weighted by Crippen LogP contribution is 2.24. The predicted octanol–water partition coefficient (Wildman–Crippen LogP) is 2.33. The molecule has 0 saturated heterocycles. The van der Waals surface area contributed by atoms with E-state index < -0.39 is 23.9 Å². The second kappa shape index (κ2) is 8.96. The number of ether oxygens (including phenoxy) is 1. The lowest BCUT2D eigenvalue weighted by atomic mass is 10.2. The highest BCUT2D eigenvalue weighted by atomic mass is 33.1. The molecule has 0 aliphatic carbocycles. The van der Waals surface area contributed by atoms with Gasteiger partial charge in [0.05, 0.1) is 5.92 Å². The summed E-state index contributed by atoms with van der Waals surface area (Å²) in [5.74, 6) is -0.414. The largest absolute Gasteiger partial charge is 0.481 e. The van der Waals surface area contributed by atoms with Crippen LogP contribution >= 0.6 is 21.6 Å². The smallest absolute Gasteiger partial charge is 0.329 e. The molecule has 0 aliphatic rings. The Bertz CT molecular complexity index is 478. The SMILES string of the molecule is Cc1ccc(OC(=O)C(N)CSSCC(C)C(=O)O)cc1. The highest BCUT2D eigenvalue weighted by molar-refractivity contribution is 8.76. The number of carbonyl (C=O) groups is 2. The van der Waals surface area contributed by atoms with Gasteiger partial charge in [0, 0.05) is 11.5 Å². The van der Waals surface area contributed by atoms with Crippen LogP contribution in [-0.2, 0) is 9.59 Å². The first-order valence-electron chi connectivity index (χ1n) is 6.41. The van der Waals surface area contributed by atoms with Gasteiger partial charge in [0.25, 0.3) is 0 Å². The number of aliphatic carboxylic acids is 1. The number of carboxylic acids is 1. The molecule has 7 heteroatoms. The molecular weight excluding hydrogens is 310 g/mol. The van der Waals surface area contributed by atoms with Crippen LogP contribution in [0.4, 0.5) is 0 Å². The summed E-state index contributed by atoms with van der Waals surface area (Å²) < 4.78 is 5.17. The zero-order chi connectivity index (χ0) is 15.8. The molecule has 0 amide bonds. The zero-order valence-electron chi connectivity index (χ0n) is 11.9. The number of rotatable bonds is 8. The standard InChI is InChI=1S/C14H19NO4S2/c1-9-3-5-11(6-4-9)19-14(18)12(15)8-21-20-7-10(2)13(16)17/h3-6,10,12H,7-8,15H2,1-2H3,(H,16,17). The molecular formula is C14H19NO4S2. The first-order chi connectivity index (χ1) is 9.90. The molecule has 2 unspecified atom stereocenters. The molecule has 0 radical (unpaired) electrons. The van der Waals surface area contributed by atoms with E-state index in [2.05, 4.69) is 0 Å². The van der Waals surface area contributed by atoms with Gasteiger partial charge in [-0.2, -0.15) is 0 Å². The van der Waals surface area contributed by atoms with E-state index in [-0.39, 0.29) is 0 Å². The van der Waals surface area contributed by atoms with Crippen molar-refractivity contribution >= 4 is 33.5 Å². The molecule has 0 aliphatic heterocycles. The van der Waals surface area contributed by atoms with Crippen molar-refractivity contribution in [3.8, 4) is 5.75 Å². The molecule has 5 nitrogen and oxygen atoms in total. The van der Waals surface area contributed by atoms with Crippen LogP contribution in [0.1, 0.15) is 12.5 Å². The van der Waals surface area contributed by atoms with Crippen molar-refractivity contribution in [2.45, 2.75) is 19.9 Å². The van der Waals surface area contributed by atoms with E-state index in [0.29, 0.717) is 17.3 Å². The van der Waals surface area contributed by atoms with Crippen LogP contribution in [0.2, 0.25) is 0 Å². The van der Waals surface area contributed by atoms with E-state index in [4.69, 9.17) is 15.6 Å². The van der Waals surface area contributed by atoms with Crippen LogP contribution in [-0.4, -0.2) is 34.6 Å². The summed E-state index contributed by atoms with van der Waals surface area (Å²) >= 11 is 0. The number of hydrogen-bond donors (Lipinski definition) is 2. The van der Waals surface area contributed by atoms with E-state index in [1.807, 2.05) is 19.1 Å². The maximum atomic E-state index is 11.8. The molecule has 0 aromatic heterocycles. The molecule has 0 fully saturated rings. The molecule has 21 heavy (non-hydrogen) atoms. The first kappa shape index (κ1) is 17.9. The average Bonchev–Trinajstić information content (AvgIpc) is 2.45. The van der Waals surface area contributed by atoms with Gasteiger partial charge in [0.15, 0.2) is 0 Å². The van der Waals surface area contributed by atoms with Gasteiger partial charge in [0.1, 0.15) is 11.8 Å². The predicted molar refractivity (Wildman–Crippen MR) is 86.5 cm³/mol. The Morgan fingerprint density at radius 2 is 1.81 bits per heavy atom. The Kier molecular flexibility index (Phi) is 7.63. The van der Waals surface area contributed by atoms with Crippen LogP contribution < -0.4 is 10.5 Å². The Morgan fingerprint density at radius 3 is 2.38 bits per heavy atom. The summed E-state index contributed by atoms with van der Waals surface area (Å²) in [6.07, 6.45) is 0. The summed E-state index contributed by atoms with van der Waals surface area (Å²) in [5, 5.41) is 8.74. The lowest BCUT2D eigenvalue weighted by Gasteiger charge is -2.11. The fourth-order valence-corrected chi connectivity index (χ4v) is 3.66. The molecule has 1 rings (SSSR count). The molecule has 1 aromatic rings. The van der Waals surface area contributed by atoms with Crippen molar-refractivity contribution in [2.24, 2.45) is 11.7 Å². The highest BCUT2D eigenvalue weighted by Gasteiger charge is 2.17. The second-order valence-corrected chi connectivity index (χ2v) is 7.20. The summed E-state index contributed by atoms with van der Waals surface area (Å²) in [7, 11) is 2.77. The zero-order valence-corrected chi connectivity index (χ0v) is 13.6. The maximum Gasteiger partial charge on any atom is 0.329 e. The summed E-state index contributed by atoms with van der Waals surface area (Å²) in [4.78, 5) is 22.4. The number of benzene rings is 1.